The summed E-state index contributed by atoms with van der Waals surface area (Å²) < 4.78 is 0. The van der Waals surface area contributed by atoms with E-state index >= 15 is 0 Å². The van der Waals surface area contributed by atoms with E-state index in [1.54, 1.807) is 0 Å². The summed E-state index contributed by atoms with van der Waals surface area (Å²) in [5, 5.41) is 11.9. The molecule has 0 aliphatic carbocycles. The van der Waals surface area contributed by atoms with Gasteiger partial charge in [0, 0.05) is 18.5 Å². The molecule has 0 radical (unpaired) electrons. The number of rotatable bonds is 7. The Morgan fingerprint density at radius 2 is 1.95 bits per heavy atom. The lowest BCUT2D eigenvalue weighted by molar-refractivity contribution is 0.150. The molecule has 4 heteroatoms. The first-order chi connectivity index (χ1) is 9.13. The smallest absolute Gasteiger partial charge is 0.141 e. The summed E-state index contributed by atoms with van der Waals surface area (Å²) in [6, 6.07) is 10.9. The van der Waals surface area contributed by atoms with Crippen LogP contribution in [0.1, 0.15) is 45.2 Å². The second-order valence-electron chi connectivity index (χ2n) is 4.81. The normalized spacial score (nSPS) is 15.5. The standard InChI is InChI=1S/C15H25N3O/c1-4-12(3)18(5-2)14(11-15(16)17-19)13-9-7-6-8-10-13/h6-10,12,14,19H,4-5,11H2,1-3H3,(H2,16,17). The molecule has 0 saturated heterocycles. The average molecular weight is 263 g/mol. The van der Waals surface area contributed by atoms with E-state index in [4.69, 9.17) is 10.9 Å². The lowest BCUT2D eigenvalue weighted by atomic mass is 9.99. The Morgan fingerprint density at radius 1 is 1.32 bits per heavy atom. The third-order valence-electron chi connectivity index (χ3n) is 3.64. The van der Waals surface area contributed by atoms with Crippen molar-refractivity contribution in [3.05, 3.63) is 35.9 Å². The topological polar surface area (TPSA) is 61.8 Å². The van der Waals surface area contributed by atoms with Gasteiger partial charge in [-0.1, -0.05) is 49.3 Å². The van der Waals surface area contributed by atoms with Crippen molar-refractivity contribution in [1.82, 2.24) is 4.90 Å². The van der Waals surface area contributed by atoms with Crippen molar-refractivity contribution in [2.75, 3.05) is 6.54 Å². The molecule has 0 saturated carbocycles. The van der Waals surface area contributed by atoms with E-state index < -0.39 is 0 Å². The minimum atomic E-state index is 0.150. The zero-order valence-electron chi connectivity index (χ0n) is 12.1. The summed E-state index contributed by atoms with van der Waals surface area (Å²) >= 11 is 0. The summed E-state index contributed by atoms with van der Waals surface area (Å²) in [6.07, 6.45) is 1.62. The van der Waals surface area contributed by atoms with Gasteiger partial charge in [0.1, 0.15) is 5.84 Å². The first kappa shape index (κ1) is 15.5. The third kappa shape index (κ3) is 4.24. The molecule has 106 valence electrons. The molecule has 0 spiro atoms. The van der Waals surface area contributed by atoms with Crippen LogP contribution >= 0.6 is 0 Å². The maximum absolute atomic E-state index is 8.83. The van der Waals surface area contributed by atoms with Gasteiger partial charge in [-0.2, -0.15) is 0 Å². The molecule has 1 aromatic rings. The molecule has 0 bridgehead atoms. The van der Waals surface area contributed by atoms with E-state index in [0.29, 0.717) is 12.5 Å². The molecule has 1 rings (SSSR count). The highest BCUT2D eigenvalue weighted by atomic mass is 16.4. The molecule has 0 aliphatic heterocycles. The van der Waals surface area contributed by atoms with Crippen LogP contribution in [0.15, 0.2) is 35.5 Å². The Hall–Kier alpha value is -1.55. The highest BCUT2D eigenvalue weighted by Gasteiger charge is 2.23. The molecule has 0 heterocycles. The number of amidine groups is 1. The van der Waals surface area contributed by atoms with Crippen LogP contribution < -0.4 is 5.73 Å². The van der Waals surface area contributed by atoms with Crippen LogP contribution in [-0.4, -0.2) is 28.5 Å². The average Bonchev–Trinajstić information content (AvgIpc) is 2.47. The molecular formula is C15H25N3O. The van der Waals surface area contributed by atoms with Crippen LogP contribution in [0.4, 0.5) is 0 Å². The molecule has 0 amide bonds. The van der Waals surface area contributed by atoms with Gasteiger partial charge in [-0.05, 0) is 25.5 Å². The van der Waals surface area contributed by atoms with Crippen molar-refractivity contribution in [3.63, 3.8) is 0 Å². The monoisotopic (exact) mass is 263 g/mol. The van der Waals surface area contributed by atoms with E-state index in [9.17, 15) is 0 Å². The first-order valence-corrected chi connectivity index (χ1v) is 6.91. The summed E-state index contributed by atoms with van der Waals surface area (Å²) in [7, 11) is 0. The minimum Gasteiger partial charge on any atom is -0.409 e. The minimum absolute atomic E-state index is 0.150. The predicted molar refractivity (Wildman–Crippen MR) is 79.3 cm³/mol. The van der Waals surface area contributed by atoms with Crippen molar-refractivity contribution in [3.8, 4) is 0 Å². The molecule has 3 N–H and O–H groups in total. The van der Waals surface area contributed by atoms with Crippen molar-refractivity contribution >= 4 is 5.84 Å². The van der Waals surface area contributed by atoms with E-state index in [1.165, 1.54) is 5.56 Å². The van der Waals surface area contributed by atoms with Crippen LogP contribution in [0.3, 0.4) is 0 Å². The highest BCUT2D eigenvalue weighted by molar-refractivity contribution is 5.80. The van der Waals surface area contributed by atoms with Crippen LogP contribution in [-0.2, 0) is 0 Å². The Bertz CT molecular complexity index is 392. The van der Waals surface area contributed by atoms with Crippen molar-refractivity contribution in [2.45, 2.75) is 45.7 Å². The van der Waals surface area contributed by atoms with E-state index in [-0.39, 0.29) is 11.9 Å². The lowest BCUT2D eigenvalue weighted by Crippen LogP contribution is -2.38. The van der Waals surface area contributed by atoms with Crippen molar-refractivity contribution in [2.24, 2.45) is 10.9 Å². The van der Waals surface area contributed by atoms with Gasteiger partial charge in [-0.15, -0.1) is 0 Å². The molecule has 2 atom stereocenters. The maximum atomic E-state index is 8.83. The fourth-order valence-corrected chi connectivity index (χ4v) is 2.41. The number of benzene rings is 1. The maximum Gasteiger partial charge on any atom is 0.141 e. The van der Waals surface area contributed by atoms with Gasteiger partial charge < -0.3 is 10.9 Å². The third-order valence-corrected chi connectivity index (χ3v) is 3.64. The molecule has 4 nitrogen and oxygen atoms in total. The molecule has 0 aromatic heterocycles. The van der Waals surface area contributed by atoms with Gasteiger partial charge in [-0.25, -0.2) is 0 Å². The largest absolute Gasteiger partial charge is 0.409 e. The SMILES string of the molecule is CCC(C)N(CC)C(CC(N)=NO)c1ccccc1. The summed E-state index contributed by atoms with van der Waals surface area (Å²) in [5.41, 5.74) is 6.92. The highest BCUT2D eigenvalue weighted by Crippen LogP contribution is 2.27. The second kappa shape index (κ2) is 7.79. The Kier molecular flexibility index (Phi) is 6.36. The fourth-order valence-electron chi connectivity index (χ4n) is 2.41. The zero-order chi connectivity index (χ0) is 14.3. The first-order valence-electron chi connectivity index (χ1n) is 6.91. The second-order valence-corrected chi connectivity index (χ2v) is 4.81. The number of nitrogens with zero attached hydrogens (tertiary/aromatic N) is 2. The van der Waals surface area contributed by atoms with Gasteiger partial charge in [0.25, 0.3) is 0 Å². The van der Waals surface area contributed by atoms with Crippen LogP contribution in [0.5, 0.6) is 0 Å². The van der Waals surface area contributed by atoms with Crippen LogP contribution in [0.25, 0.3) is 0 Å². The van der Waals surface area contributed by atoms with Crippen molar-refractivity contribution < 1.29 is 5.21 Å². The number of oxime groups is 1. The fraction of sp³-hybridized carbons (Fsp3) is 0.533. The Balaban J connectivity index is 3.04. The van der Waals surface area contributed by atoms with Crippen LogP contribution in [0.2, 0.25) is 0 Å². The van der Waals surface area contributed by atoms with Crippen molar-refractivity contribution in [1.29, 1.82) is 0 Å². The zero-order valence-corrected chi connectivity index (χ0v) is 12.1. The van der Waals surface area contributed by atoms with Gasteiger partial charge in [0.15, 0.2) is 0 Å². The van der Waals surface area contributed by atoms with E-state index in [1.807, 2.05) is 18.2 Å². The Morgan fingerprint density at radius 3 is 2.42 bits per heavy atom. The predicted octanol–water partition coefficient (Wildman–Crippen LogP) is 2.98. The quantitative estimate of drug-likeness (QED) is 0.344. The van der Waals surface area contributed by atoms with E-state index in [2.05, 4.69) is 43.0 Å². The summed E-state index contributed by atoms with van der Waals surface area (Å²) in [4.78, 5) is 2.40. The van der Waals surface area contributed by atoms with Crippen LogP contribution in [0, 0.1) is 0 Å². The molecular weight excluding hydrogens is 238 g/mol. The van der Waals surface area contributed by atoms with Gasteiger partial charge in [-0.3, -0.25) is 4.90 Å². The number of hydrogen-bond acceptors (Lipinski definition) is 3. The molecule has 0 aliphatic rings. The Labute approximate surface area is 115 Å². The molecule has 1 aromatic carbocycles. The summed E-state index contributed by atoms with van der Waals surface area (Å²) in [5.74, 6) is 0.274. The number of nitrogens with two attached hydrogens (primary N) is 1. The molecule has 0 fully saturated rings. The lowest BCUT2D eigenvalue weighted by Gasteiger charge is -2.35. The molecule has 2 unspecified atom stereocenters. The summed E-state index contributed by atoms with van der Waals surface area (Å²) in [6.45, 7) is 7.48. The van der Waals surface area contributed by atoms with Gasteiger partial charge in [0.2, 0.25) is 0 Å². The molecule has 19 heavy (non-hydrogen) atoms. The van der Waals surface area contributed by atoms with E-state index in [0.717, 1.165) is 13.0 Å². The number of hydrogen-bond donors (Lipinski definition) is 2. The van der Waals surface area contributed by atoms with Gasteiger partial charge >= 0.3 is 0 Å². The van der Waals surface area contributed by atoms with Gasteiger partial charge in [0.05, 0.1) is 0 Å².